The molecule has 190 valence electrons. The number of carbonyl (C=O) groups is 1. The van der Waals surface area contributed by atoms with Crippen molar-refractivity contribution in [1.29, 1.82) is 0 Å². The van der Waals surface area contributed by atoms with Crippen LogP contribution in [0.3, 0.4) is 0 Å². The first-order valence-corrected chi connectivity index (χ1v) is 13.3. The van der Waals surface area contributed by atoms with Crippen LogP contribution in [0.2, 0.25) is 0 Å². The molecule has 0 aliphatic heterocycles. The molecule has 1 atom stereocenters. The molecule has 0 radical (unpaired) electrons. The Hall–Kier alpha value is -1.92. The molecule has 1 aromatic carbocycles. The highest BCUT2D eigenvalue weighted by atomic mass is 79.9. The second-order valence-electron chi connectivity index (χ2n) is 7.06. The number of nitrogens with zero attached hydrogens (tertiary/aromatic N) is 1. The van der Waals surface area contributed by atoms with Gasteiger partial charge in [-0.05, 0) is 54.0 Å². The molecule has 35 heavy (non-hydrogen) atoms. The van der Waals surface area contributed by atoms with E-state index in [-0.39, 0.29) is 38.9 Å². The van der Waals surface area contributed by atoms with Crippen LogP contribution in [0.5, 0.6) is 0 Å². The summed E-state index contributed by atoms with van der Waals surface area (Å²) in [7, 11) is -4.89. The first-order valence-electron chi connectivity index (χ1n) is 10.1. The van der Waals surface area contributed by atoms with Crippen LogP contribution < -0.4 is 5.32 Å². The number of alkyl halides is 5. The van der Waals surface area contributed by atoms with E-state index in [4.69, 9.17) is 9.05 Å². The Labute approximate surface area is 209 Å². The number of aromatic nitrogens is 1. The maximum atomic E-state index is 15.3. The van der Waals surface area contributed by atoms with Crippen molar-refractivity contribution < 1.29 is 40.4 Å². The Balaban J connectivity index is 1.99. The average molecular weight is 601 g/mol. The van der Waals surface area contributed by atoms with Gasteiger partial charge >= 0.3 is 19.4 Å². The van der Waals surface area contributed by atoms with E-state index in [1.807, 2.05) is 5.32 Å². The molecule has 1 amide bonds. The first kappa shape index (κ1) is 27.7. The van der Waals surface area contributed by atoms with Crippen LogP contribution in [0.1, 0.15) is 40.7 Å². The summed E-state index contributed by atoms with van der Waals surface area (Å²) in [5.41, 5.74) is -4.48. The van der Waals surface area contributed by atoms with Gasteiger partial charge in [0, 0.05) is 38.1 Å². The van der Waals surface area contributed by atoms with E-state index >= 15 is 8.78 Å². The zero-order valence-corrected chi connectivity index (χ0v) is 21.5. The summed E-state index contributed by atoms with van der Waals surface area (Å²) in [6, 6.07) is 3.86. The fraction of sp³-hybridized carbons (Fsp3) is 0.333. The number of nitrogens with one attached hydrogen (secondary N) is 1. The highest BCUT2D eigenvalue weighted by Crippen LogP contribution is 2.69. The van der Waals surface area contributed by atoms with E-state index in [1.165, 1.54) is 50.4 Å². The lowest BCUT2D eigenvalue weighted by Gasteiger charge is -2.25. The van der Waals surface area contributed by atoms with Crippen molar-refractivity contribution in [1.82, 2.24) is 10.3 Å². The van der Waals surface area contributed by atoms with Gasteiger partial charge in [0.25, 0.3) is 5.91 Å². The van der Waals surface area contributed by atoms with Crippen LogP contribution in [0.4, 0.5) is 22.0 Å². The Bertz CT molecular complexity index is 1250. The number of amides is 1. The molecule has 14 heteroatoms. The van der Waals surface area contributed by atoms with E-state index in [0.29, 0.717) is 11.3 Å². The van der Waals surface area contributed by atoms with E-state index in [9.17, 15) is 22.5 Å². The van der Waals surface area contributed by atoms with Gasteiger partial charge in [0.15, 0.2) is 6.04 Å². The van der Waals surface area contributed by atoms with Crippen molar-refractivity contribution >= 4 is 50.9 Å². The predicted octanol–water partition coefficient (Wildman–Crippen LogP) is 7.41. The fourth-order valence-electron chi connectivity index (χ4n) is 3.18. The second kappa shape index (κ2) is 10.6. The van der Waals surface area contributed by atoms with E-state index in [2.05, 4.69) is 20.9 Å². The zero-order chi connectivity index (χ0) is 26.0. The molecule has 0 unspecified atom stereocenters. The fourth-order valence-corrected chi connectivity index (χ4v) is 7.15. The minimum atomic E-state index is -4.89. The zero-order valence-electron chi connectivity index (χ0n) is 18.2. The van der Waals surface area contributed by atoms with Crippen LogP contribution in [0.25, 0.3) is 10.1 Å². The molecule has 0 spiro atoms. The SMILES string of the molecule is CCOP(=O)(OCC)C(F)(F)c1sc2ccc(C(=O)N[C@H](c3cccnc3)C(F)(F)F)cc2c1Br. The summed E-state index contributed by atoms with van der Waals surface area (Å²) in [6.07, 6.45) is -2.52. The minimum absolute atomic E-state index is 0.127. The lowest BCUT2D eigenvalue weighted by molar-refractivity contribution is -0.155. The molecule has 3 rings (SSSR count). The van der Waals surface area contributed by atoms with Gasteiger partial charge in [-0.2, -0.15) is 22.0 Å². The van der Waals surface area contributed by atoms with Crippen molar-refractivity contribution in [2.45, 2.75) is 31.7 Å². The van der Waals surface area contributed by atoms with Crippen molar-refractivity contribution in [2.75, 3.05) is 13.2 Å². The minimum Gasteiger partial charge on any atom is -0.337 e. The number of halogens is 6. The van der Waals surface area contributed by atoms with Crippen LogP contribution in [-0.4, -0.2) is 30.3 Å². The number of thiophene rings is 1. The molecule has 0 saturated heterocycles. The summed E-state index contributed by atoms with van der Waals surface area (Å²) in [6.45, 7) is 2.23. The number of benzene rings is 1. The third kappa shape index (κ3) is 5.59. The third-order valence-corrected chi connectivity index (χ3v) is 9.31. The van der Waals surface area contributed by atoms with Gasteiger partial charge in [-0.15, -0.1) is 11.3 Å². The number of carbonyl (C=O) groups excluding carboxylic acids is 1. The second-order valence-corrected chi connectivity index (χ2v) is 11.0. The quantitative estimate of drug-likeness (QED) is 0.204. The molecule has 0 fully saturated rings. The topological polar surface area (TPSA) is 77.5 Å². The monoisotopic (exact) mass is 600 g/mol. The average Bonchev–Trinajstić information content (AvgIpc) is 3.14. The molecule has 2 heterocycles. The van der Waals surface area contributed by atoms with Gasteiger partial charge in [0.1, 0.15) is 4.88 Å². The van der Waals surface area contributed by atoms with Crippen LogP contribution >= 0.6 is 34.9 Å². The van der Waals surface area contributed by atoms with Gasteiger partial charge in [-0.25, -0.2) is 0 Å². The maximum Gasteiger partial charge on any atom is 0.412 e. The lowest BCUT2D eigenvalue weighted by Crippen LogP contribution is -2.38. The van der Waals surface area contributed by atoms with Crippen molar-refractivity contribution in [2.24, 2.45) is 0 Å². The molecular weight excluding hydrogens is 582 g/mol. The Morgan fingerprint density at radius 3 is 2.37 bits per heavy atom. The molecule has 0 aliphatic rings. The first-order chi connectivity index (χ1) is 16.4. The standard InChI is InChI=1S/C21H19BrF5N2O4PS/c1-3-32-34(31,33-4-2)21(26,27)18-16(22)14-10-12(7-8-15(14)35-18)19(30)29-17(20(23,24)25)13-6-5-9-28-11-13/h5-11,17H,3-4H2,1-2H3,(H,29,30)/t17-/m1/s1. The van der Waals surface area contributed by atoms with Gasteiger partial charge in [0.05, 0.1) is 13.2 Å². The van der Waals surface area contributed by atoms with Crippen molar-refractivity contribution in [3.63, 3.8) is 0 Å². The molecule has 0 bridgehead atoms. The maximum absolute atomic E-state index is 15.3. The summed E-state index contributed by atoms with van der Waals surface area (Å²) < 4.78 is 93.9. The predicted molar refractivity (Wildman–Crippen MR) is 125 cm³/mol. The smallest absolute Gasteiger partial charge is 0.337 e. The van der Waals surface area contributed by atoms with Gasteiger partial charge in [-0.3, -0.25) is 14.3 Å². The van der Waals surface area contributed by atoms with E-state index in [0.717, 1.165) is 6.20 Å². The summed E-state index contributed by atoms with van der Waals surface area (Å²) in [4.78, 5) is 15.7. The molecule has 2 aromatic heterocycles. The third-order valence-electron chi connectivity index (χ3n) is 4.73. The van der Waals surface area contributed by atoms with Gasteiger partial charge < -0.3 is 14.4 Å². The number of hydrogen-bond donors (Lipinski definition) is 1. The van der Waals surface area contributed by atoms with Crippen LogP contribution in [-0.2, 0) is 19.3 Å². The van der Waals surface area contributed by atoms with E-state index < -0.39 is 36.3 Å². The Kier molecular flexibility index (Phi) is 8.37. The summed E-state index contributed by atoms with van der Waals surface area (Å²) in [5, 5.41) is 2.05. The largest absolute Gasteiger partial charge is 0.412 e. The number of rotatable bonds is 9. The van der Waals surface area contributed by atoms with Crippen molar-refractivity contribution in [3.05, 3.63) is 63.2 Å². The van der Waals surface area contributed by atoms with E-state index in [1.54, 1.807) is 0 Å². The Morgan fingerprint density at radius 1 is 1.17 bits per heavy atom. The number of pyridine rings is 1. The Morgan fingerprint density at radius 2 is 1.83 bits per heavy atom. The molecule has 3 aromatic rings. The number of fused-ring (bicyclic) bond motifs is 1. The normalized spacial score (nSPS) is 13.7. The molecular formula is C21H19BrF5N2O4PS. The van der Waals surface area contributed by atoms with Crippen LogP contribution in [0, 0.1) is 0 Å². The highest BCUT2D eigenvalue weighted by molar-refractivity contribution is 9.10. The highest BCUT2D eigenvalue weighted by Gasteiger charge is 2.57. The van der Waals surface area contributed by atoms with Gasteiger partial charge in [-0.1, -0.05) is 6.07 Å². The molecule has 6 nitrogen and oxygen atoms in total. The van der Waals surface area contributed by atoms with Crippen LogP contribution in [0.15, 0.2) is 47.2 Å². The van der Waals surface area contributed by atoms with Crippen molar-refractivity contribution in [3.8, 4) is 0 Å². The molecule has 1 N–H and O–H groups in total. The van der Waals surface area contributed by atoms with Gasteiger partial charge in [0.2, 0.25) is 0 Å². The summed E-state index contributed by atoms with van der Waals surface area (Å²) in [5.74, 6) is -1.07. The lowest BCUT2D eigenvalue weighted by atomic mass is 10.1. The number of hydrogen-bond acceptors (Lipinski definition) is 6. The molecule has 0 aliphatic carbocycles. The molecule has 0 saturated carbocycles. The summed E-state index contributed by atoms with van der Waals surface area (Å²) >= 11 is 3.66.